The first-order valence-electron chi connectivity index (χ1n) is 7.04. The number of benzene rings is 1. The number of carbonyl (C=O) groups excluding carboxylic acids is 1. The molecule has 0 aliphatic rings. The van der Waals surface area contributed by atoms with Gasteiger partial charge in [-0.15, -0.1) is 0 Å². The number of aromatic nitrogens is 2. The van der Waals surface area contributed by atoms with E-state index in [0.717, 1.165) is 36.2 Å². The molecule has 0 bridgehead atoms. The Morgan fingerprint density at radius 2 is 1.75 bits per heavy atom. The summed E-state index contributed by atoms with van der Waals surface area (Å²) in [5, 5.41) is 0. The van der Waals surface area contributed by atoms with Crippen LogP contribution in [0, 0.1) is 0 Å². The van der Waals surface area contributed by atoms with Crippen LogP contribution >= 0.6 is 0 Å². The molecule has 0 unspecified atom stereocenters. The zero-order valence-electron chi connectivity index (χ0n) is 12.6. The third kappa shape index (κ3) is 2.48. The van der Waals surface area contributed by atoms with Crippen LogP contribution < -0.4 is 5.62 Å². The second-order valence-corrected chi connectivity index (χ2v) is 4.97. The summed E-state index contributed by atoms with van der Waals surface area (Å²) in [7, 11) is 3.43. The molecule has 108 valence electrons. The first-order valence-corrected chi connectivity index (χ1v) is 7.04. The molecule has 1 heterocycles. The van der Waals surface area contributed by atoms with E-state index in [9.17, 15) is 4.79 Å². The van der Waals surface area contributed by atoms with Crippen LogP contribution in [-0.2, 0) is 13.1 Å². The highest BCUT2D eigenvalue weighted by molar-refractivity contribution is 5.77. The number of nitrogens with zero attached hydrogens (tertiary/aromatic N) is 4. The van der Waals surface area contributed by atoms with Crippen molar-refractivity contribution in [1.82, 2.24) is 14.0 Å². The van der Waals surface area contributed by atoms with Gasteiger partial charge in [0.15, 0.2) is 0 Å². The molecule has 5 heteroatoms. The summed E-state index contributed by atoms with van der Waals surface area (Å²) in [6, 6.07) is 7.96. The first kappa shape index (κ1) is 14.4. The van der Waals surface area contributed by atoms with Crippen molar-refractivity contribution in [3.63, 3.8) is 0 Å². The van der Waals surface area contributed by atoms with Crippen LogP contribution in [0.2, 0.25) is 0 Å². The van der Waals surface area contributed by atoms with E-state index in [-0.39, 0.29) is 6.03 Å². The number of para-hydroxylation sites is 2. The van der Waals surface area contributed by atoms with E-state index in [1.54, 1.807) is 14.1 Å². The Morgan fingerprint density at radius 3 is 2.25 bits per heavy atom. The maximum Gasteiger partial charge on any atom is 0.346 e. The number of hydrogen-bond acceptors (Lipinski definition) is 1. The number of aryl methyl sites for hydroxylation is 2. The Hall–Kier alpha value is -2.04. The average Bonchev–Trinajstić information content (AvgIpc) is 2.73. The maximum absolute atomic E-state index is 11.9. The first-order chi connectivity index (χ1) is 9.60. The Morgan fingerprint density at radius 1 is 1.15 bits per heavy atom. The lowest BCUT2D eigenvalue weighted by Crippen LogP contribution is -2.30. The topological polar surface area (TPSA) is 42.5 Å². The smallest absolute Gasteiger partial charge is 0.329 e. The van der Waals surface area contributed by atoms with Gasteiger partial charge in [-0.3, -0.25) is 0 Å². The summed E-state index contributed by atoms with van der Waals surface area (Å²) in [6.07, 6.45) is 1.00. The molecule has 2 aromatic rings. The molecule has 0 atom stereocenters. The molecule has 2 amide bonds. The minimum Gasteiger partial charge on any atom is -0.329 e. The zero-order valence-corrected chi connectivity index (χ0v) is 12.6. The molecule has 0 saturated carbocycles. The standard InChI is InChI=1S/C15H22N4O/c1-5-11-19-13-10-8-7-9-12(13)18(6-2)14(19)16-15(20)17(3)4/h7-10H,5-6,11H2,1-4H3/b16-14-. The van der Waals surface area contributed by atoms with Gasteiger partial charge in [-0.25, -0.2) is 4.79 Å². The average molecular weight is 274 g/mol. The lowest BCUT2D eigenvalue weighted by Gasteiger charge is -2.07. The number of fused-ring (bicyclic) bond motifs is 1. The Kier molecular flexibility index (Phi) is 4.27. The quantitative estimate of drug-likeness (QED) is 0.847. The van der Waals surface area contributed by atoms with Crippen molar-refractivity contribution in [2.45, 2.75) is 33.4 Å². The van der Waals surface area contributed by atoms with E-state index in [2.05, 4.69) is 40.1 Å². The maximum atomic E-state index is 11.9. The van der Waals surface area contributed by atoms with Gasteiger partial charge >= 0.3 is 6.03 Å². The fourth-order valence-electron chi connectivity index (χ4n) is 2.34. The molecule has 1 aromatic carbocycles. The predicted molar refractivity (Wildman–Crippen MR) is 80.5 cm³/mol. The zero-order chi connectivity index (χ0) is 14.7. The van der Waals surface area contributed by atoms with Crippen LogP contribution in [0.25, 0.3) is 11.0 Å². The number of urea groups is 1. The summed E-state index contributed by atoms with van der Waals surface area (Å²) in [5.41, 5.74) is 2.98. The molecule has 0 saturated heterocycles. The second-order valence-electron chi connectivity index (χ2n) is 4.97. The van der Waals surface area contributed by atoms with E-state index in [1.807, 2.05) is 12.1 Å². The van der Waals surface area contributed by atoms with Crippen molar-refractivity contribution in [2.75, 3.05) is 14.1 Å². The number of carbonyl (C=O) groups is 1. The van der Waals surface area contributed by atoms with Gasteiger partial charge in [0, 0.05) is 27.2 Å². The molecule has 0 spiro atoms. The summed E-state index contributed by atoms with van der Waals surface area (Å²) < 4.78 is 4.21. The van der Waals surface area contributed by atoms with Crippen molar-refractivity contribution < 1.29 is 4.79 Å². The van der Waals surface area contributed by atoms with E-state index in [0.29, 0.717) is 0 Å². The molecular formula is C15H22N4O. The highest BCUT2D eigenvalue weighted by Crippen LogP contribution is 2.13. The van der Waals surface area contributed by atoms with Crippen LogP contribution in [-0.4, -0.2) is 34.2 Å². The largest absolute Gasteiger partial charge is 0.346 e. The molecule has 0 aliphatic carbocycles. The van der Waals surface area contributed by atoms with Crippen LogP contribution in [0.5, 0.6) is 0 Å². The van der Waals surface area contributed by atoms with E-state index in [1.165, 1.54) is 4.90 Å². The lowest BCUT2D eigenvalue weighted by molar-refractivity contribution is 0.225. The van der Waals surface area contributed by atoms with E-state index in [4.69, 9.17) is 0 Å². The summed E-state index contributed by atoms with van der Waals surface area (Å²) in [5.74, 6) is 0. The second kappa shape index (κ2) is 5.94. The lowest BCUT2D eigenvalue weighted by atomic mass is 10.3. The molecule has 2 rings (SSSR count). The Bertz CT molecular complexity index is 679. The van der Waals surface area contributed by atoms with Gasteiger partial charge in [0.2, 0.25) is 5.62 Å². The molecule has 20 heavy (non-hydrogen) atoms. The Labute approximate surface area is 119 Å². The minimum atomic E-state index is -0.229. The monoisotopic (exact) mass is 274 g/mol. The highest BCUT2D eigenvalue weighted by Gasteiger charge is 2.11. The third-order valence-corrected chi connectivity index (χ3v) is 3.29. The summed E-state index contributed by atoms with van der Waals surface area (Å²) in [6.45, 7) is 5.84. The van der Waals surface area contributed by atoms with Crippen LogP contribution in [0.4, 0.5) is 4.79 Å². The predicted octanol–water partition coefficient (Wildman–Crippen LogP) is 2.46. The van der Waals surface area contributed by atoms with Crippen LogP contribution in [0.3, 0.4) is 0 Å². The van der Waals surface area contributed by atoms with Gasteiger partial charge in [0.25, 0.3) is 0 Å². The van der Waals surface area contributed by atoms with E-state index >= 15 is 0 Å². The fourth-order valence-corrected chi connectivity index (χ4v) is 2.34. The number of imidazole rings is 1. The van der Waals surface area contributed by atoms with E-state index < -0.39 is 0 Å². The van der Waals surface area contributed by atoms with Gasteiger partial charge in [0.1, 0.15) is 0 Å². The van der Waals surface area contributed by atoms with Gasteiger partial charge in [-0.05, 0) is 25.5 Å². The fraction of sp³-hybridized carbons (Fsp3) is 0.467. The number of rotatable bonds is 3. The molecule has 0 N–H and O–H groups in total. The highest BCUT2D eigenvalue weighted by atomic mass is 16.2. The van der Waals surface area contributed by atoms with Crippen molar-refractivity contribution in [3.05, 3.63) is 29.9 Å². The van der Waals surface area contributed by atoms with Crippen LogP contribution in [0.1, 0.15) is 20.3 Å². The van der Waals surface area contributed by atoms with Gasteiger partial charge in [0.05, 0.1) is 11.0 Å². The Balaban J connectivity index is 2.79. The molecule has 0 radical (unpaired) electrons. The SMILES string of the molecule is CCCn1/c(=N\C(=O)N(C)C)n(CC)c2ccccc21. The van der Waals surface area contributed by atoms with Crippen molar-refractivity contribution >= 4 is 17.1 Å². The third-order valence-electron chi connectivity index (χ3n) is 3.29. The van der Waals surface area contributed by atoms with Crippen molar-refractivity contribution in [3.8, 4) is 0 Å². The van der Waals surface area contributed by atoms with Crippen molar-refractivity contribution in [2.24, 2.45) is 4.99 Å². The molecule has 5 nitrogen and oxygen atoms in total. The minimum absolute atomic E-state index is 0.229. The molecular weight excluding hydrogens is 252 g/mol. The molecule has 1 aromatic heterocycles. The van der Waals surface area contributed by atoms with Gasteiger partial charge in [-0.1, -0.05) is 19.1 Å². The molecule has 0 aliphatic heterocycles. The normalized spacial score (nSPS) is 12.1. The summed E-state index contributed by atoms with van der Waals surface area (Å²) >= 11 is 0. The van der Waals surface area contributed by atoms with Crippen LogP contribution in [0.15, 0.2) is 29.3 Å². The van der Waals surface area contributed by atoms with Gasteiger partial charge in [-0.2, -0.15) is 4.99 Å². The molecule has 0 fully saturated rings. The van der Waals surface area contributed by atoms with Crippen molar-refractivity contribution in [1.29, 1.82) is 0 Å². The van der Waals surface area contributed by atoms with Gasteiger partial charge < -0.3 is 14.0 Å². The summed E-state index contributed by atoms with van der Waals surface area (Å²) in [4.78, 5) is 17.7. The number of hydrogen-bond donors (Lipinski definition) is 0. The number of amides is 2.